The second-order valence-corrected chi connectivity index (χ2v) is 6.21. The summed E-state index contributed by atoms with van der Waals surface area (Å²) in [5.74, 6) is -1.42. The van der Waals surface area contributed by atoms with Gasteiger partial charge in [-0.15, -0.1) is 0 Å². The van der Waals surface area contributed by atoms with E-state index in [4.69, 9.17) is 4.74 Å². The van der Waals surface area contributed by atoms with Gasteiger partial charge in [-0.05, 0) is 6.42 Å². The number of hydrogen-bond acceptors (Lipinski definition) is 4. The van der Waals surface area contributed by atoms with Gasteiger partial charge in [-0.1, -0.05) is 38.1 Å². The van der Waals surface area contributed by atoms with Crippen molar-refractivity contribution in [1.29, 1.82) is 0 Å². The molecule has 0 amide bonds. The molecule has 1 aromatic rings. The van der Waals surface area contributed by atoms with Crippen molar-refractivity contribution in [3.8, 4) is 0 Å². The fraction of sp³-hybridized carbons (Fsp3) is 0.438. The minimum Gasteiger partial charge on any atom is -0.449 e. The molecule has 2 atom stereocenters. The molecular formula is C16H16O4. The van der Waals surface area contributed by atoms with Gasteiger partial charge in [-0.2, -0.15) is 0 Å². The lowest BCUT2D eigenvalue weighted by atomic mass is 9.46. The van der Waals surface area contributed by atoms with Crippen LogP contribution in [0.25, 0.3) is 0 Å². The number of carbonyl (C=O) groups is 3. The number of rotatable bonds is 1. The van der Waals surface area contributed by atoms with E-state index in [0.29, 0.717) is 17.5 Å². The van der Waals surface area contributed by atoms with E-state index in [1.165, 1.54) is 6.92 Å². The summed E-state index contributed by atoms with van der Waals surface area (Å²) in [7, 11) is 0. The van der Waals surface area contributed by atoms with Crippen molar-refractivity contribution in [2.75, 3.05) is 0 Å². The van der Waals surface area contributed by atoms with Gasteiger partial charge in [0, 0.05) is 23.5 Å². The van der Waals surface area contributed by atoms with Gasteiger partial charge in [-0.3, -0.25) is 14.4 Å². The Morgan fingerprint density at radius 1 is 1.20 bits per heavy atom. The number of Topliss-reactive ketones (excluding diaryl/α,β-unsaturated/α-hetero) is 2. The Labute approximate surface area is 117 Å². The van der Waals surface area contributed by atoms with Crippen LogP contribution < -0.4 is 0 Å². The summed E-state index contributed by atoms with van der Waals surface area (Å²) in [6.45, 7) is 5.01. The quantitative estimate of drug-likeness (QED) is 0.737. The molecule has 0 aromatic heterocycles. The van der Waals surface area contributed by atoms with Gasteiger partial charge in [0.05, 0.1) is 5.92 Å². The second-order valence-electron chi connectivity index (χ2n) is 6.21. The molecule has 2 aliphatic rings. The molecular weight excluding hydrogens is 256 g/mol. The van der Waals surface area contributed by atoms with E-state index in [-0.39, 0.29) is 11.6 Å². The van der Waals surface area contributed by atoms with E-state index in [2.05, 4.69) is 0 Å². The summed E-state index contributed by atoms with van der Waals surface area (Å²) in [5.41, 5.74) is -1.04. The molecule has 0 heterocycles. The molecule has 0 unspecified atom stereocenters. The van der Waals surface area contributed by atoms with Crippen LogP contribution >= 0.6 is 0 Å². The summed E-state index contributed by atoms with van der Waals surface area (Å²) >= 11 is 0. The lowest BCUT2D eigenvalue weighted by molar-refractivity contribution is -0.196. The fourth-order valence-electron chi connectivity index (χ4n) is 3.66. The van der Waals surface area contributed by atoms with Crippen LogP contribution in [0, 0.1) is 11.3 Å². The highest BCUT2D eigenvalue weighted by Crippen LogP contribution is 2.60. The largest absolute Gasteiger partial charge is 0.449 e. The second kappa shape index (κ2) is 3.78. The van der Waals surface area contributed by atoms with Crippen LogP contribution in [0.15, 0.2) is 24.3 Å². The molecule has 20 heavy (non-hydrogen) atoms. The lowest BCUT2D eigenvalue weighted by Crippen LogP contribution is -2.72. The standard InChI is InChI=1S/C16H16O4/c1-9(17)20-16-12(8-15(16,2)3)13(18)10-6-4-5-7-11(10)14(16)19/h4-7,12H,8H2,1-3H3/t12-,16+/m0/s1. The first-order valence-electron chi connectivity index (χ1n) is 6.69. The molecule has 2 aliphatic carbocycles. The van der Waals surface area contributed by atoms with E-state index >= 15 is 0 Å². The summed E-state index contributed by atoms with van der Waals surface area (Å²) in [4.78, 5) is 36.9. The highest BCUT2D eigenvalue weighted by Gasteiger charge is 2.72. The molecule has 4 nitrogen and oxygen atoms in total. The van der Waals surface area contributed by atoms with Crippen LogP contribution in [-0.4, -0.2) is 23.1 Å². The Hall–Kier alpha value is -1.97. The van der Waals surface area contributed by atoms with Crippen LogP contribution in [0.2, 0.25) is 0 Å². The summed E-state index contributed by atoms with van der Waals surface area (Å²) in [6, 6.07) is 6.76. The average Bonchev–Trinajstić information content (AvgIpc) is 2.39. The van der Waals surface area contributed by atoms with Crippen LogP contribution in [-0.2, 0) is 9.53 Å². The first-order valence-corrected chi connectivity index (χ1v) is 6.69. The molecule has 0 spiro atoms. The van der Waals surface area contributed by atoms with Gasteiger partial charge in [0.1, 0.15) is 0 Å². The van der Waals surface area contributed by atoms with E-state index in [1.807, 2.05) is 13.8 Å². The van der Waals surface area contributed by atoms with Crippen molar-refractivity contribution in [3.05, 3.63) is 35.4 Å². The predicted molar refractivity (Wildman–Crippen MR) is 71.5 cm³/mol. The molecule has 0 N–H and O–H groups in total. The highest BCUT2D eigenvalue weighted by molar-refractivity contribution is 6.21. The Bertz CT molecular complexity index is 644. The molecule has 1 fully saturated rings. The maximum atomic E-state index is 12.9. The average molecular weight is 272 g/mol. The minimum atomic E-state index is -1.33. The van der Waals surface area contributed by atoms with Crippen molar-refractivity contribution >= 4 is 17.5 Å². The fourth-order valence-corrected chi connectivity index (χ4v) is 3.66. The number of benzene rings is 1. The number of ketones is 2. The topological polar surface area (TPSA) is 60.4 Å². The maximum Gasteiger partial charge on any atom is 0.303 e. The number of ether oxygens (including phenoxy) is 1. The van der Waals surface area contributed by atoms with Gasteiger partial charge in [0.15, 0.2) is 11.4 Å². The molecule has 104 valence electrons. The van der Waals surface area contributed by atoms with E-state index in [0.717, 1.165) is 0 Å². The molecule has 1 aromatic carbocycles. The van der Waals surface area contributed by atoms with Gasteiger partial charge >= 0.3 is 5.97 Å². The zero-order valence-electron chi connectivity index (χ0n) is 11.7. The third-order valence-corrected chi connectivity index (χ3v) is 4.61. The van der Waals surface area contributed by atoms with Crippen LogP contribution in [0.1, 0.15) is 47.9 Å². The Morgan fingerprint density at radius 3 is 2.35 bits per heavy atom. The van der Waals surface area contributed by atoms with Crippen LogP contribution in [0.3, 0.4) is 0 Å². The molecule has 0 radical (unpaired) electrons. The van der Waals surface area contributed by atoms with Gasteiger partial charge in [0.2, 0.25) is 5.78 Å². The molecule has 0 aliphatic heterocycles. The smallest absolute Gasteiger partial charge is 0.303 e. The summed E-state index contributed by atoms with van der Waals surface area (Å²) < 4.78 is 5.42. The molecule has 4 heteroatoms. The van der Waals surface area contributed by atoms with E-state index in [1.54, 1.807) is 24.3 Å². The number of carbonyl (C=O) groups excluding carboxylic acids is 3. The third kappa shape index (κ3) is 1.34. The number of hydrogen-bond donors (Lipinski definition) is 0. The normalized spacial score (nSPS) is 30.1. The zero-order chi connectivity index (χ0) is 14.7. The van der Waals surface area contributed by atoms with E-state index in [9.17, 15) is 14.4 Å². The zero-order valence-corrected chi connectivity index (χ0v) is 11.7. The highest BCUT2D eigenvalue weighted by atomic mass is 16.6. The van der Waals surface area contributed by atoms with Crippen molar-refractivity contribution in [2.24, 2.45) is 11.3 Å². The van der Waals surface area contributed by atoms with Crippen molar-refractivity contribution < 1.29 is 19.1 Å². The number of esters is 1. The van der Waals surface area contributed by atoms with Gasteiger partial charge in [0.25, 0.3) is 0 Å². The maximum absolute atomic E-state index is 12.9. The van der Waals surface area contributed by atoms with Crippen molar-refractivity contribution in [3.63, 3.8) is 0 Å². The summed E-state index contributed by atoms with van der Waals surface area (Å²) in [6.07, 6.45) is 0.555. The molecule has 1 saturated carbocycles. The van der Waals surface area contributed by atoms with Gasteiger partial charge < -0.3 is 4.74 Å². The van der Waals surface area contributed by atoms with Crippen molar-refractivity contribution in [2.45, 2.75) is 32.8 Å². The lowest BCUT2D eigenvalue weighted by Gasteiger charge is -2.59. The minimum absolute atomic E-state index is 0.0965. The Morgan fingerprint density at radius 2 is 1.80 bits per heavy atom. The Balaban J connectivity index is 2.22. The Kier molecular flexibility index (Phi) is 2.46. The van der Waals surface area contributed by atoms with E-state index < -0.39 is 22.9 Å². The SMILES string of the molecule is CC(=O)O[C@@]12C(=O)c3ccccc3C(=O)[C@@H]1CC2(C)C. The third-order valence-electron chi connectivity index (χ3n) is 4.61. The summed E-state index contributed by atoms with van der Waals surface area (Å²) in [5, 5.41) is 0. The van der Waals surface area contributed by atoms with Crippen molar-refractivity contribution in [1.82, 2.24) is 0 Å². The molecule has 3 rings (SSSR count). The monoisotopic (exact) mass is 272 g/mol. The predicted octanol–water partition coefficient (Wildman–Crippen LogP) is 2.41. The van der Waals surface area contributed by atoms with Crippen LogP contribution in [0.5, 0.6) is 0 Å². The van der Waals surface area contributed by atoms with Crippen LogP contribution in [0.4, 0.5) is 0 Å². The first-order chi connectivity index (χ1) is 9.31. The van der Waals surface area contributed by atoms with Gasteiger partial charge in [-0.25, -0.2) is 0 Å². The number of fused-ring (bicyclic) bond motifs is 2. The molecule has 0 bridgehead atoms. The first kappa shape index (κ1) is 13.0. The molecule has 0 saturated heterocycles.